The lowest BCUT2D eigenvalue weighted by molar-refractivity contribution is 0.262. The molecule has 7 heteroatoms. The van der Waals surface area contributed by atoms with Gasteiger partial charge in [-0.2, -0.15) is 5.26 Å². The Labute approximate surface area is 142 Å². The minimum atomic E-state index is -0.402. The van der Waals surface area contributed by atoms with Crippen LogP contribution in [0.4, 0.5) is 15.6 Å². The second kappa shape index (κ2) is 7.26. The first-order chi connectivity index (χ1) is 11.7. The van der Waals surface area contributed by atoms with E-state index in [1.165, 1.54) is 11.3 Å². The molecule has 0 spiro atoms. The average Bonchev–Trinajstić information content (AvgIpc) is 3.10. The zero-order valence-corrected chi connectivity index (χ0v) is 13.2. The first kappa shape index (κ1) is 15.5. The number of aromatic nitrogens is 1. The van der Waals surface area contributed by atoms with Crippen LogP contribution in [-0.4, -0.2) is 11.0 Å². The van der Waals surface area contributed by atoms with E-state index in [9.17, 15) is 4.79 Å². The lowest BCUT2D eigenvalue weighted by Crippen LogP contribution is -2.19. The molecule has 0 aliphatic carbocycles. The van der Waals surface area contributed by atoms with E-state index in [4.69, 9.17) is 10.00 Å². The molecule has 1 aromatic heterocycles. The van der Waals surface area contributed by atoms with Crippen LogP contribution in [0.1, 0.15) is 5.56 Å². The fourth-order valence-corrected chi connectivity index (χ4v) is 2.44. The van der Waals surface area contributed by atoms with Gasteiger partial charge in [-0.05, 0) is 36.4 Å². The van der Waals surface area contributed by atoms with Gasteiger partial charge in [0.1, 0.15) is 5.75 Å². The van der Waals surface area contributed by atoms with Crippen molar-refractivity contribution in [2.45, 2.75) is 0 Å². The fraction of sp³-hybridized carbons (Fsp3) is 0. The molecule has 0 saturated heterocycles. The predicted octanol–water partition coefficient (Wildman–Crippen LogP) is 4.45. The van der Waals surface area contributed by atoms with Crippen LogP contribution in [0.2, 0.25) is 0 Å². The Balaban J connectivity index is 1.72. The van der Waals surface area contributed by atoms with Gasteiger partial charge >= 0.3 is 6.03 Å². The Kier molecular flexibility index (Phi) is 4.70. The van der Waals surface area contributed by atoms with E-state index in [1.54, 1.807) is 54.0 Å². The van der Waals surface area contributed by atoms with Crippen molar-refractivity contribution >= 4 is 28.2 Å². The molecule has 3 aromatic rings. The highest BCUT2D eigenvalue weighted by Crippen LogP contribution is 2.29. The molecule has 0 unspecified atom stereocenters. The zero-order valence-electron chi connectivity index (χ0n) is 12.4. The van der Waals surface area contributed by atoms with Gasteiger partial charge in [-0.1, -0.05) is 12.1 Å². The van der Waals surface area contributed by atoms with Crippen molar-refractivity contribution in [3.8, 4) is 17.6 Å². The lowest BCUT2D eigenvalue weighted by atomic mass is 10.2. The fourth-order valence-electron chi connectivity index (χ4n) is 1.92. The summed E-state index contributed by atoms with van der Waals surface area (Å²) in [6, 6.07) is 15.5. The van der Waals surface area contributed by atoms with Crippen LogP contribution in [0, 0.1) is 11.3 Å². The third kappa shape index (κ3) is 3.88. The summed E-state index contributed by atoms with van der Waals surface area (Å²) >= 11 is 1.33. The summed E-state index contributed by atoms with van der Waals surface area (Å²) < 4.78 is 5.78. The molecule has 6 nitrogen and oxygen atoms in total. The normalized spacial score (nSPS) is 9.79. The molecule has 118 valence electrons. The van der Waals surface area contributed by atoms with E-state index in [2.05, 4.69) is 21.7 Å². The smallest absolute Gasteiger partial charge is 0.325 e. The van der Waals surface area contributed by atoms with Crippen molar-refractivity contribution in [2.75, 3.05) is 10.6 Å². The number of amides is 2. The maximum atomic E-state index is 12.0. The molecule has 24 heavy (non-hydrogen) atoms. The van der Waals surface area contributed by atoms with Crippen molar-refractivity contribution in [3.05, 3.63) is 65.7 Å². The standard InChI is InChI=1S/C17H12N4O2S/c18-11-12-5-7-13(8-6-12)23-15-4-2-1-3-14(15)20-16(22)21-17-19-9-10-24-17/h1-10H,(H2,19,20,21,22). The Morgan fingerprint density at radius 3 is 2.62 bits per heavy atom. The number of urea groups is 1. The highest BCUT2D eigenvalue weighted by atomic mass is 32.1. The molecule has 0 fully saturated rings. The number of ether oxygens (including phenoxy) is 1. The van der Waals surface area contributed by atoms with Crippen LogP contribution in [0.15, 0.2) is 60.1 Å². The topological polar surface area (TPSA) is 87.0 Å². The molecule has 0 saturated carbocycles. The molecule has 1 heterocycles. The number of hydrogen-bond donors (Lipinski definition) is 2. The van der Waals surface area contributed by atoms with Crippen LogP contribution in [-0.2, 0) is 0 Å². The van der Waals surface area contributed by atoms with E-state index in [0.29, 0.717) is 27.9 Å². The van der Waals surface area contributed by atoms with Crippen LogP contribution in [0.3, 0.4) is 0 Å². The largest absolute Gasteiger partial charge is 0.455 e. The molecule has 0 aliphatic heterocycles. The van der Waals surface area contributed by atoms with Crippen LogP contribution in [0.5, 0.6) is 11.5 Å². The SMILES string of the molecule is N#Cc1ccc(Oc2ccccc2NC(=O)Nc2nccs2)cc1. The lowest BCUT2D eigenvalue weighted by Gasteiger charge is -2.12. The van der Waals surface area contributed by atoms with E-state index < -0.39 is 6.03 Å². The summed E-state index contributed by atoms with van der Waals surface area (Å²) in [5, 5.41) is 16.5. The number of thiazole rings is 1. The van der Waals surface area contributed by atoms with Gasteiger partial charge in [0, 0.05) is 11.6 Å². The predicted molar refractivity (Wildman–Crippen MR) is 92.4 cm³/mol. The summed E-state index contributed by atoms with van der Waals surface area (Å²) in [6.07, 6.45) is 1.61. The zero-order chi connectivity index (χ0) is 16.8. The third-order valence-corrected chi connectivity index (χ3v) is 3.69. The maximum absolute atomic E-state index is 12.0. The van der Waals surface area contributed by atoms with E-state index in [0.717, 1.165) is 0 Å². The van der Waals surface area contributed by atoms with Gasteiger partial charge in [0.2, 0.25) is 0 Å². The van der Waals surface area contributed by atoms with E-state index >= 15 is 0 Å². The number of carbonyl (C=O) groups is 1. The number of carbonyl (C=O) groups excluding carboxylic acids is 1. The monoisotopic (exact) mass is 336 g/mol. The number of anilines is 2. The molecule has 0 radical (unpaired) electrons. The second-order valence-corrected chi connectivity index (χ2v) is 5.55. The van der Waals surface area contributed by atoms with Gasteiger partial charge in [-0.15, -0.1) is 11.3 Å². The summed E-state index contributed by atoms with van der Waals surface area (Å²) in [7, 11) is 0. The molecule has 2 aromatic carbocycles. The molecule has 3 rings (SSSR count). The number of nitrogens with zero attached hydrogens (tertiary/aromatic N) is 2. The number of nitriles is 1. The minimum absolute atomic E-state index is 0.402. The van der Waals surface area contributed by atoms with E-state index in [1.807, 2.05) is 6.07 Å². The van der Waals surface area contributed by atoms with Gasteiger partial charge in [-0.3, -0.25) is 5.32 Å². The van der Waals surface area contributed by atoms with Gasteiger partial charge in [0.25, 0.3) is 0 Å². The highest BCUT2D eigenvalue weighted by Gasteiger charge is 2.09. The van der Waals surface area contributed by atoms with Crippen LogP contribution < -0.4 is 15.4 Å². The Morgan fingerprint density at radius 1 is 1.12 bits per heavy atom. The summed E-state index contributed by atoms with van der Waals surface area (Å²) in [5.74, 6) is 1.07. The summed E-state index contributed by atoms with van der Waals surface area (Å²) in [4.78, 5) is 16.0. The quantitative estimate of drug-likeness (QED) is 0.737. The molecule has 0 bridgehead atoms. The molecule has 2 amide bonds. The van der Waals surface area contributed by atoms with Crippen LogP contribution >= 0.6 is 11.3 Å². The molecular formula is C17H12N4O2S. The molecular weight excluding hydrogens is 324 g/mol. The highest BCUT2D eigenvalue weighted by molar-refractivity contribution is 7.13. The van der Waals surface area contributed by atoms with Gasteiger partial charge in [-0.25, -0.2) is 9.78 Å². The summed E-state index contributed by atoms with van der Waals surface area (Å²) in [6.45, 7) is 0. The van der Waals surface area contributed by atoms with Crippen molar-refractivity contribution in [3.63, 3.8) is 0 Å². The van der Waals surface area contributed by atoms with Crippen molar-refractivity contribution in [1.29, 1.82) is 5.26 Å². The number of nitrogens with one attached hydrogen (secondary N) is 2. The first-order valence-electron chi connectivity index (χ1n) is 6.99. The number of hydrogen-bond acceptors (Lipinski definition) is 5. The third-order valence-electron chi connectivity index (χ3n) is 3.00. The maximum Gasteiger partial charge on any atom is 0.325 e. The number of benzene rings is 2. The number of para-hydroxylation sites is 2. The van der Waals surface area contributed by atoms with Gasteiger partial charge in [0.05, 0.1) is 17.3 Å². The van der Waals surface area contributed by atoms with Crippen LogP contribution in [0.25, 0.3) is 0 Å². The molecule has 2 N–H and O–H groups in total. The molecule has 0 atom stereocenters. The van der Waals surface area contributed by atoms with Crippen molar-refractivity contribution in [1.82, 2.24) is 4.98 Å². The van der Waals surface area contributed by atoms with Gasteiger partial charge in [0.15, 0.2) is 10.9 Å². The summed E-state index contributed by atoms with van der Waals surface area (Å²) in [5.41, 5.74) is 1.08. The van der Waals surface area contributed by atoms with Crippen molar-refractivity contribution < 1.29 is 9.53 Å². The minimum Gasteiger partial charge on any atom is -0.455 e. The Morgan fingerprint density at radius 2 is 1.92 bits per heavy atom. The van der Waals surface area contributed by atoms with E-state index in [-0.39, 0.29) is 0 Å². The van der Waals surface area contributed by atoms with Crippen molar-refractivity contribution in [2.24, 2.45) is 0 Å². The second-order valence-electron chi connectivity index (χ2n) is 4.65. The van der Waals surface area contributed by atoms with Gasteiger partial charge < -0.3 is 10.1 Å². The average molecular weight is 336 g/mol. The Bertz CT molecular complexity index is 870. The number of rotatable bonds is 4. The molecule has 0 aliphatic rings. The Hall–Kier alpha value is -3.37. The first-order valence-corrected chi connectivity index (χ1v) is 7.87.